The van der Waals surface area contributed by atoms with E-state index in [1.807, 2.05) is 0 Å². The molecule has 4 aromatic rings. The van der Waals surface area contributed by atoms with E-state index < -0.39 is 30.3 Å². The number of anilines is 2. The van der Waals surface area contributed by atoms with Gasteiger partial charge in [-0.1, -0.05) is 43.9 Å². The molecule has 5 heterocycles. The van der Waals surface area contributed by atoms with Crippen molar-refractivity contribution < 1.29 is 35.9 Å². The van der Waals surface area contributed by atoms with Crippen molar-refractivity contribution in [2.45, 2.75) is 82.8 Å². The van der Waals surface area contributed by atoms with Crippen molar-refractivity contribution in [3.63, 3.8) is 0 Å². The van der Waals surface area contributed by atoms with E-state index in [1.54, 1.807) is 6.07 Å². The number of nitrogens with zero attached hydrogens (tertiary/aromatic N) is 5. The lowest BCUT2D eigenvalue weighted by molar-refractivity contribution is -0.156. The lowest BCUT2D eigenvalue weighted by Crippen LogP contribution is -2.56. The molecule has 290 valence electrons. The van der Waals surface area contributed by atoms with Crippen molar-refractivity contribution in [2.24, 2.45) is 0 Å². The topological polar surface area (TPSA) is 110 Å². The predicted molar refractivity (Wildman–Crippen MR) is 198 cm³/mol. The second-order valence-corrected chi connectivity index (χ2v) is 13.9. The Morgan fingerprint density at radius 1 is 1.11 bits per heavy atom. The molecular weight excluding hydrogens is 736 g/mol. The Balaban J connectivity index is 0.000000309. The van der Waals surface area contributed by atoms with Crippen molar-refractivity contribution in [3.8, 4) is 29.6 Å². The summed E-state index contributed by atoms with van der Waals surface area (Å²) in [6.07, 6.45) is 5.67. The summed E-state index contributed by atoms with van der Waals surface area (Å²) in [7, 11) is 1.42. The Labute approximate surface area is 314 Å². The molecule has 0 amide bonds. The molecule has 3 saturated heterocycles. The van der Waals surface area contributed by atoms with Gasteiger partial charge in [-0.05, 0) is 62.2 Å². The summed E-state index contributed by atoms with van der Waals surface area (Å²) in [6, 6.07) is 7.00. The van der Waals surface area contributed by atoms with Crippen LogP contribution in [0.3, 0.4) is 0 Å². The highest BCUT2D eigenvalue weighted by Crippen LogP contribution is 2.41. The van der Waals surface area contributed by atoms with Gasteiger partial charge >= 0.3 is 12.2 Å². The first-order valence-corrected chi connectivity index (χ1v) is 18.1. The Morgan fingerprint density at radius 2 is 1.83 bits per heavy atom. The SMILES string of the molecule is C#Cc1c(F)ccc2cc(N)cc(-c3nc(Cl)c4c(N5CC(CC)NC(CCC)C5)nc(OC)nc4c3F)c12.FC1CC2CCCN2C1.O=CC(F)(F)F. The second kappa shape index (κ2) is 17.4. The fourth-order valence-electron chi connectivity index (χ4n) is 7.40. The second-order valence-electron chi connectivity index (χ2n) is 13.5. The summed E-state index contributed by atoms with van der Waals surface area (Å²) in [6.45, 7) is 7.42. The van der Waals surface area contributed by atoms with Gasteiger partial charge in [0.1, 0.15) is 34.2 Å². The molecule has 16 heteroatoms. The molecule has 0 saturated carbocycles. The van der Waals surface area contributed by atoms with Crippen molar-refractivity contribution in [2.75, 3.05) is 43.9 Å². The maximum absolute atomic E-state index is 16.5. The molecule has 4 atom stereocenters. The quantitative estimate of drug-likeness (QED) is 0.0671. The number of piperazine rings is 1. The number of rotatable bonds is 6. The Bertz CT molecular complexity index is 2020. The van der Waals surface area contributed by atoms with Crippen molar-refractivity contribution in [1.29, 1.82) is 0 Å². The summed E-state index contributed by atoms with van der Waals surface area (Å²) in [5.41, 5.74) is 6.47. The van der Waals surface area contributed by atoms with Crippen LogP contribution in [0.5, 0.6) is 6.01 Å². The first kappa shape index (κ1) is 40.8. The molecule has 3 aliphatic heterocycles. The summed E-state index contributed by atoms with van der Waals surface area (Å²) in [5, 5.41) is 4.82. The average molecular weight is 778 g/mol. The number of aldehydes is 1. The number of halogens is 7. The van der Waals surface area contributed by atoms with Crippen LogP contribution in [0.4, 0.5) is 37.8 Å². The zero-order valence-electron chi connectivity index (χ0n) is 30.1. The molecule has 3 N–H and O–H groups in total. The van der Waals surface area contributed by atoms with Crippen molar-refractivity contribution >= 4 is 51.1 Å². The molecule has 3 aliphatic rings. The van der Waals surface area contributed by atoms with Gasteiger partial charge in [0.05, 0.1) is 18.1 Å². The number of nitrogen functional groups attached to an aromatic ring is 1. The number of aromatic nitrogens is 3. The standard InChI is InChI=1S/C29H29ClF2N6O.C7H12FN.C2HF3O/c1-5-8-18-14-38(13-17(6-2)34-18)28-23-26(36-29(37-28)39-4)24(32)25(35-27(23)30)20-12-16(33)11-15-9-10-21(31)19(7-3)22(15)20;8-6-4-7-2-1-3-9(7)5-6;3-2(4,5)1-6/h3,9-12,17-18,34H,5-6,8,13-14,33H2,1-2,4H3;6-7H,1-5H2;1H. The fraction of sp³-hybridized carbons (Fsp3) is 0.474. The van der Waals surface area contributed by atoms with Gasteiger partial charge in [0.25, 0.3) is 0 Å². The zero-order chi connectivity index (χ0) is 39.3. The number of methoxy groups -OCH3 is 1. The van der Waals surface area contributed by atoms with E-state index in [9.17, 15) is 22.0 Å². The van der Waals surface area contributed by atoms with E-state index in [0.717, 1.165) is 32.2 Å². The van der Waals surface area contributed by atoms with Crippen LogP contribution in [0.1, 0.15) is 57.9 Å². The van der Waals surface area contributed by atoms with Gasteiger partial charge < -0.3 is 20.7 Å². The number of nitrogens with two attached hydrogens (primary N) is 1. The van der Waals surface area contributed by atoms with Crippen LogP contribution < -0.4 is 20.7 Å². The number of alkyl halides is 4. The molecule has 3 fully saturated rings. The van der Waals surface area contributed by atoms with Crippen LogP contribution in [0.15, 0.2) is 24.3 Å². The van der Waals surface area contributed by atoms with Crippen molar-refractivity contribution in [3.05, 3.63) is 46.6 Å². The number of nitrogens with one attached hydrogen (secondary N) is 1. The van der Waals surface area contributed by atoms with Gasteiger partial charge in [-0.25, -0.2) is 18.2 Å². The minimum Gasteiger partial charge on any atom is -0.467 e. The number of hydrogen-bond acceptors (Lipinski definition) is 9. The highest BCUT2D eigenvalue weighted by atomic mass is 35.5. The van der Waals surface area contributed by atoms with E-state index in [1.165, 1.54) is 38.2 Å². The third-order valence-electron chi connectivity index (χ3n) is 9.75. The van der Waals surface area contributed by atoms with E-state index >= 15 is 4.39 Å². The zero-order valence-corrected chi connectivity index (χ0v) is 30.9. The van der Waals surface area contributed by atoms with Crippen LogP contribution in [0, 0.1) is 24.0 Å². The molecule has 9 nitrogen and oxygen atoms in total. The summed E-state index contributed by atoms with van der Waals surface area (Å²) in [5.74, 6) is 1.46. The molecule has 2 aromatic carbocycles. The van der Waals surface area contributed by atoms with E-state index in [0.29, 0.717) is 48.0 Å². The third kappa shape index (κ3) is 9.10. The minimum absolute atomic E-state index is 0.00367. The van der Waals surface area contributed by atoms with Gasteiger partial charge in [0, 0.05) is 54.4 Å². The van der Waals surface area contributed by atoms with E-state index in [4.69, 9.17) is 33.3 Å². The fourth-order valence-corrected chi connectivity index (χ4v) is 7.66. The molecule has 0 aliphatic carbocycles. The van der Waals surface area contributed by atoms with Crippen LogP contribution in [0.2, 0.25) is 5.15 Å². The number of carbonyl (C=O) groups excluding carboxylic acids is 1. The Morgan fingerprint density at radius 3 is 2.46 bits per heavy atom. The summed E-state index contributed by atoms with van der Waals surface area (Å²) in [4.78, 5) is 26.5. The molecule has 2 aromatic heterocycles. The highest BCUT2D eigenvalue weighted by molar-refractivity contribution is 6.35. The number of fused-ring (bicyclic) bond motifs is 3. The smallest absolute Gasteiger partial charge is 0.446 e. The summed E-state index contributed by atoms with van der Waals surface area (Å²) >= 11 is 6.78. The number of terminal acetylenes is 1. The maximum atomic E-state index is 16.5. The highest BCUT2D eigenvalue weighted by Gasteiger charge is 2.35. The van der Waals surface area contributed by atoms with Crippen LogP contribution in [-0.2, 0) is 4.79 Å². The van der Waals surface area contributed by atoms with Crippen molar-refractivity contribution in [1.82, 2.24) is 25.2 Å². The number of pyridine rings is 1. The van der Waals surface area contributed by atoms with Gasteiger partial charge in [-0.15, -0.1) is 6.42 Å². The predicted octanol–water partition coefficient (Wildman–Crippen LogP) is 7.65. The molecule has 0 bridgehead atoms. The Kier molecular flexibility index (Phi) is 13.1. The Hall–Kier alpha value is -4.39. The number of hydrogen-bond donors (Lipinski definition) is 2. The molecular formula is C38H42ClF6N7O2. The average Bonchev–Trinajstić information content (AvgIpc) is 3.73. The minimum atomic E-state index is -4.64. The molecule has 4 unspecified atom stereocenters. The van der Waals surface area contributed by atoms with Gasteiger partial charge in [0.2, 0.25) is 6.29 Å². The number of carbonyl (C=O) groups is 1. The van der Waals surface area contributed by atoms with Crippen LogP contribution >= 0.6 is 11.6 Å². The van der Waals surface area contributed by atoms with E-state index in [-0.39, 0.29) is 51.0 Å². The molecule has 0 radical (unpaired) electrons. The third-order valence-corrected chi connectivity index (χ3v) is 10.0. The largest absolute Gasteiger partial charge is 0.467 e. The lowest BCUT2D eigenvalue weighted by atomic mass is 9.95. The maximum Gasteiger partial charge on any atom is 0.446 e. The summed E-state index contributed by atoms with van der Waals surface area (Å²) < 4.78 is 80.4. The first-order chi connectivity index (χ1) is 25.7. The van der Waals surface area contributed by atoms with E-state index in [2.05, 4.69) is 49.8 Å². The normalized spacial score (nSPS) is 21.2. The number of ether oxygens (including phenoxy) is 1. The lowest BCUT2D eigenvalue weighted by Gasteiger charge is -2.40. The van der Waals surface area contributed by atoms with Gasteiger partial charge in [-0.3, -0.25) is 9.69 Å². The number of benzene rings is 2. The first-order valence-electron chi connectivity index (χ1n) is 17.7. The molecule has 54 heavy (non-hydrogen) atoms. The van der Waals surface area contributed by atoms with Crippen LogP contribution in [0.25, 0.3) is 32.9 Å². The van der Waals surface area contributed by atoms with Gasteiger partial charge in [0.15, 0.2) is 5.82 Å². The molecule has 7 rings (SSSR count). The molecule has 0 spiro atoms. The van der Waals surface area contributed by atoms with Crippen LogP contribution in [-0.4, -0.2) is 89.9 Å². The monoisotopic (exact) mass is 777 g/mol. The van der Waals surface area contributed by atoms with Gasteiger partial charge in [-0.2, -0.15) is 23.1 Å².